The minimum atomic E-state index is -2.41. The lowest BCUT2D eigenvalue weighted by molar-refractivity contribution is 0.580. The van der Waals surface area contributed by atoms with Gasteiger partial charge in [-0.25, -0.2) is 4.98 Å². The van der Waals surface area contributed by atoms with Crippen LogP contribution in [-0.4, -0.2) is 9.55 Å². The zero-order valence-electron chi connectivity index (χ0n) is 32.5. The molecule has 0 radical (unpaired) electrons. The molecule has 0 spiro atoms. The fourth-order valence-electron chi connectivity index (χ4n) is 8.14. The number of hydrogen-bond acceptors (Lipinski definition) is 3. The third-order valence-corrected chi connectivity index (χ3v) is 10.6. The molecule has 10 aromatic rings. The minimum absolute atomic E-state index is 0.0455. The van der Waals surface area contributed by atoms with Crippen LogP contribution in [-0.2, 0) is 0 Å². The Labute approximate surface area is 306 Å². The topological polar surface area (TPSA) is 44.1 Å². The number of furan rings is 2. The molecule has 3 heterocycles. The van der Waals surface area contributed by atoms with Gasteiger partial charge in [-0.3, -0.25) is 4.57 Å². The summed E-state index contributed by atoms with van der Waals surface area (Å²) in [4.78, 5) is 5.38. The molecule has 0 atom stereocenters. The van der Waals surface area contributed by atoms with E-state index in [2.05, 4.69) is 135 Å². The summed E-state index contributed by atoms with van der Waals surface area (Å²) >= 11 is 0. The maximum absolute atomic E-state index is 8.20. The van der Waals surface area contributed by atoms with Gasteiger partial charge in [0.15, 0.2) is 5.58 Å². The van der Waals surface area contributed by atoms with E-state index in [0.29, 0.717) is 22.3 Å². The SMILES string of the molecule is [2H]C([2H])([2H])c1cc2ccc3nc(-c4cccc5c4oc4cc6c(ccc7ccccc76)cc45)n(-c4c(C(C)C)cc(-c5ccccc5)cc4C(C)C)c3c2o1. The highest BCUT2D eigenvalue weighted by Crippen LogP contribution is 2.45. The van der Waals surface area contributed by atoms with Gasteiger partial charge < -0.3 is 8.83 Å². The number of aryl methyl sites for hydroxylation is 1. The summed E-state index contributed by atoms with van der Waals surface area (Å²) < 4.78 is 40.0. The third-order valence-electron chi connectivity index (χ3n) is 10.6. The second kappa shape index (κ2) is 11.4. The molecule has 0 saturated carbocycles. The van der Waals surface area contributed by atoms with Gasteiger partial charge in [-0.05, 0) is 111 Å². The van der Waals surface area contributed by atoms with E-state index < -0.39 is 6.85 Å². The Morgan fingerprint density at radius 2 is 1.31 bits per heavy atom. The summed E-state index contributed by atoms with van der Waals surface area (Å²) in [7, 11) is 0. The van der Waals surface area contributed by atoms with Crippen LogP contribution in [0.25, 0.3) is 93.7 Å². The third kappa shape index (κ3) is 4.57. The number of hydrogen-bond donors (Lipinski definition) is 0. The summed E-state index contributed by atoms with van der Waals surface area (Å²) in [6, 6.07) is 44.1. The molecular weight excluding hydrogens is 637 g/mol. The fraction of sp³-hybridized carbons (Fsp3) is 0.146. The fourth-order valence-corrected chi connectivity index (χ4v) is 8.14. The van der Waals surface area contributed by atoms with Gasteiger partial charge in [0.05, 0.1) is 16.8 Å². The number of imidazole rings is 1. The number of rotatable bonds is 5. The number of para-hydroxylation sites is 1. The van der Waals surface area contributed by atoms with Crippen molar-refractivity contribution in [1.29, 1.82) is 0 Å². The molecule has 7 aromatic carbocycles. The monoisotopic (exact) mass is 677 g/mol. The van der Waals surface area contributed by atoms with Crippen molar-refractivity contribution in [2.75, 3.05) is 0 Å². The van der Waals surface area contributed by atoms with E-state index in [0.717, 1.165) is 71.7 Å². The van der Waals surface area contributed by atoms with Crippen LogP contribution in [0.5, 0.6) is 0 Å². The summed E-state index contributed by atoms with van der Waals surface area (Å²) in [5.41, 5.74) is 9.94. The number of aromatic nitrogens is 2. The normalized spacial score (nSPS) is 13.4. The first-order valence-corrected chi connectivity index (χ1v) is 18.0. The molecule has 0 aliphatic carbocycles. The Kier molecular flexibility index (Phi) is 6.07. The van der Waals surface area contributed by atoms with Gasteiger partial charge in [-0.2, -0.15) is 0 Å². The molecular formula is C48H38N2O2. The summed E-state index contributed by atoms with van der Waals surface area (Å²) in [5.74, 6) is 0.931. The molecule has 0 aliphatic rings. The van der Waals surface area contributed by atoms with E-state index in [1.807, 2.05) is 18.2 Å². The van der Waals surface area contributed by atoms with Crippen LogP contribution in [0, 0.1) is 6.85 Å². The van der Waals surface area contributed by atoms with Gasteiger partial charge in [0.1, 0.15) is 28.3 Å². The van der Waals surface area contributed by atoms with Crippen molar-refractivity contribution in [3.8, 4) is 28.2 Å². The Morgan fingerprint density at radius 1 is 0.577 bits per heavy atom. The number of fused-ring (bicyclic) bond motifs is 9. The van der Waals surface area contributed by atoms with E-state index in [-0.39, 0.29) is 17.6 Å². The largest absolute Gasteiger partial charge is 0.459 e. The molecule has 0 saturated heterocycles. The van der Waals surface area contributed by atoms with Gasteiger partial charge in [0, 0.05) is 20.3 Å². The van der Waals surface area contributed by atoms with E-state index in [1.165, 1.54) is 10.8 Å². The molecule has 52 heavy (non-hydrogen) atoms. The minimum Gasteiger partial charge on any atom is -0.459 e. The Bertz CT molecular complexity index is 3120. The van der Waals surface area contributed by atoms with Crippen LogP contribution in [0.2, 0.25) is 0 Å². The second-order valence-electron chi connectivity index (χ2n) is 14.6. The van der Waals surface area contributed by atoms with Gasteiger partial charge in [-0.1, -0.05) is 107 Å². The highest BCUT2D eigenvalue weighted by Gasteiger charge is 2.27. The van der Waals surface area contributed by atoms with Gasteiger partial charge in [-0.15, -0.1) is 0 Å². The molecule has 0 fully saturated rings. The first kappa shape index (κ1) is 27.6. The Hall–Kier alpha value is -6.13. The number of nitrogens with zero attached hydrogens (tertiary/aromatic N) is 2. The zero-order chi connectivity index (χ0) is 37.7. The van der Waals surface area contributed by atoms with Gasteiger partial charge in [0.25, 0.3) is 0 Å². The summed E-state index contributed by atoms with van der Waals surface area (Å²) in [6.07, 6.45) is 0. The average molecular weight is 678 g/mol. The van der Waals surface area contributed by atoms with Crippen molar-refractivity contribution in [3.63, 3.8) is 0 Å². The molecule has 10 rings (SSSR count). The molecule has 0 unspecified atom stereocenters. The molecule has 0 bridgehead atoms. The second-order valence-corrected chi connectivity index (χ2v) is 14.6. The molecule has 4 nitrogen and oxygen atoms in total. The zero-order valence-corrected chi connectivity index (χ0v) is 29.5. The van der Waals surface area contributed by atoms with E-state index in [1.54, 1.807) is 6.07 Å². The Balaban J connectivity index is 1.33. The lowest BCUT2D eigenvalue weighted by atomic mass is 9.88. The molecule has 252 valence electrons. The van der Waals surface area contributed by atoms with Crippen molar-refractivity contribution in [3.05, 3.63) is 144 Å². The molecule has 0 aliphatic heterocycles. The van der Waals surface area contributed by atoms with Crippen molar-refractivity contribution in [2.45, 2.75) is 46.4 Å². The van der Waals surface area contributed by atoms with Crippen LogP contribution < -0.4 is 0 Å². The van der Waals surface area contributed by atoms with Gasteiger partial charge >= 0.3 is 0 Å². The highest BCUT2D eigenvalue weighted by atomic mass is 16.3. The quantitative estimate of drug-likeness (QED) is 0.170. The summed E-state index contributed by atoms with van der Waals surface area (Å²) in [5, 5.41) is 7.42. The van der Waals surface area contributed by atoms with Crippen molar-refractivity contribution < 1.29 is 12.9 Å². The molecule has 4 heteroatoms. The first-order valence-electron chi connectivity index (χ1n) is 19.5. The predicted molar refractivity (Wildman–Crippen MR) is 217 cm³/mol. The predicted octanol–water partition coefficient (Wildman–Crippen LogP) is 13.9. The van der Waals surface area contributed by atoms with Crippen LogP contribution in [0.4, 0.5) is 0 Å². The van der Waals surface area contributed by atoms with Crippen LogP contribution >= 0.6 is 0 Å². The standard InChI is InChI=1S/C48H38N2O2/c1-27(2)38-24-34(30-12-7-6-8-13-30)25-39(28(3)4)44(38)50-45-42(21-20-33-22-29(5)51-46(33)45)49-48(50)37-17-11-16-36-41-23-32-19-18-31-14-9-10-15-35(31)40(32)26-43(41)52-47(36)37/h6-28H,1-5H3/i5D3. The van der Waals surface area contributed by atoms with Crippen molar-refractivity contribution >= 4 is 65.5 Å². The van der Waals surface area contributed by atoms with E-state index >= 15 is 0 Å². The van der Waals surface area contributed by atoms with Crippen LogP contribution in [0.1, 0.15) is 60.5 Å². The first-order chi connectivity index (χ1) is 26.5. The maximum Gasteiger partial charge on any atom is 0.160 e. The highest BCUT2D eigenvalue weighted by molar-refractivity contribution is 6.17. The van der Waals surface area contributed by atoms with Crippen molar-refractivity contribution in [2.24, 2.45) is 0 Å². The van der Waals surface area contributed by atoms with E-state index in [9.17, 15) is 0 Å². The van der Waals surface area contributed by atoms with Gasteiger partial charge in [0.2, 0.25) is 0 Å². The van der Waals surface area contributed by atoms with E-state index in [4.69, 9.17) is 17.9 Å². The lowest BCUT2D eigenvalue weighted by Gasteiger charge is -2.24. The molecule has 0 N–H and O–H groups in total. The number of benzene rings is 7. The van der Waals surface area contributed by atoms with Crippen molar-refractivity contribution in [1.82, 2.24) is 9.55 Å². The van der Waals surface area contributed by atoms with Crippen LogP contribution in [0.15, 0.2) is 136 Å². The Morgan fingerprint density at radius 3 is 2.10 bits per heavy atom. The van der Waals surface area contributed by atoms with Crippen LogP contribution in [0.3, 0.4) is 0 Å². The maximum atomic E-state index is 8.20. The smallest absolute Gasteiger partial charge is 0.160 e. The summed E-state index contributed by atoms with van der Waals surface area (Å²) in [6.45, 7) is 6.48. The molecule has 0 amide bonds. The molecule has 3 aromatic heterocycles. The average Bonchev–Trinajstić information content (AvgIpc) is 3.90. The lowest BCUT2D eigenvalue weighted by Crippen LogP contribution is -2.09.